The van der Waals surface area contributed by atoms with E-state index in [0.29, 0.717) is 28.4 Å². The van der Waals surface area contributed by atoms with Gasteiger partial charge < -0.3 is 14.2 Å². The fourth-order valence-corrected chi connectivity index (χ4v) is 3.35. The predicted molar refractivity (Wildman–Crippen MR) is 130 cm³/mol. The summed E-state index contributed by atoms with van der Waals surface area (Å²) in [5.41, 5.74) is 4.47. The highest BCUT2D eigenvalue weighted by molar-refractivity contribution is 5.91. The van der Waals surface area contributed by atoms with Gasteiger partial charge in [0.15, 0.2) is 0 Å². The molecule has 0 aliphatic rings. The molecular weight excluding hydrogens is 428 g/mol. The van der Waals surface area contributed by atoms with Crippen molar-refractivity contribution < 1.29 is 23.8 Å². The Balaban J connectivity index is 1.33. The lowest BCUT2D eigenvalue weighted by molar-refractivity contribution is 0.0600. The number of carbonyl (C=O) groups is 2. The second kappa shape index (κ2) is 10.5. The lowest BCUT2D eigenvalue weighted by Gasteiger charge is -2.08. The topological polar surface area (TPSA) is 61.8 Å². The fourth-order valence-electron chi connectivity index (χ4n) is 3.35. The van der Waals surface area contributed by atoms with Gasteiger partial charge in [0, 0.05) is 0 Å². The minimum absolute atomic E-state index is 0.407. The third kappa shape index (κ3) is 5.90. The molecule has 4 rings (SSSR count). The van der Waals surface area contributed by atoms with Gasteiger partial charge in [-0.25, -0.2) is 9.59 Å². The van der Waals surface area contributed by atoms with Gasteiger partial charge in [-0.3, -0.25) is 0 Å². The van der Waals surface area contributed by atoms with Crippen molar-refractivity contribution in [3.8, 4) is 17.2 Å². The highest BCUT2D eigenvalue weighted by Crippen LogP contribution is 2.23. The van der Waals surface area contributed by atoms with Gasteiger partial charge in [0.25, 0.3) is 0 Å². The maximum atomic E-state index is 12.5. The van der Waals surface area contributed by atoms with Crippen LogP contribution in [-0.2, 0) is 11.2 Å². The van der Waals surface area contributed by atoms with Crippen molar-refractivity contribution in [2.75, 3.05) is 7.11 Å². The van der Waals surface area contributed by atoms with E-state index in [0.717, 1.165) is 12.0 Å². The Hall–Kier alpha value is -4.38. The van der Waals surface area contributed by atoms with Gasteiger partial charge in [0.05, 0.1) is 18.2 Å². The van der Waals surface area contributed by atoms with E-state index >= 15 is 0 Å². The first kappa shape index (κ1) is 22.8. The van der Waals surface area contributed by atoms with Gasteiger partial charge in [0.1, 0.15) is 17.2 Å². The van der Waals surface area contributed by atoms with Crippen molar-refractivity contribution in [1.29, 1.82) is 0 Å². The molecule has 0 bridgehead atoms. The number of methoxy groups -OCH3 is 1. The quantitative estimate of drug-likeness (QED) is 0.240. The van der Waals surface area contributed by atoms with E-state index < -0.39 is 11.9 Å². The molecule has 0 atom stereocenters. The molecule has 0 heterocycles. The van der Waals surface area contributed by atoms with E-state index in [9.17, 15) is 9.59 Å². The van der Waals surface area contributed by atoms with Crippen molar-refractivity contribution in [3.05, 3.63) is 125 Å². The second-order valence-electron chi connectivity index (χ2n) is 7.84. The average molecular weight is 453 g/mol. The highest BCUT2D eigenvalue weighted by Gasteiger charge is 2.10. The Morgan fingerprint density at radius 2 is 1.03 bits per heavy atom. The van der Waals surface area contributed by atoms with Crippen LogP contribution < -0.4 is 9.47 Å². The number of benzene rings is 4. The zero-order valence-corrected chi connectivity index (χ0v) is 19.0. The average Bonchev–Trinajstić information content (AvgIpc) is 2.87. The zero-order chi connectivity index (χ0) is 23.9. The second-order valence-corrected chi connectivity index (χ2v) is 7.84. The number of hydrogen-bond donors (Lipinski definition) is 0. The van der Waals surface area contributed by atoms with Crippen LogP contribution in [0.15, 0.2) is 97.1 Å². The summed E-state index contributed by atoms with van der Waals surface area (Å²) in [4.78, 5) is 24.0. The molecule has 0 fully saturated rings. The maximum absolute atomic E-state index is 12.5. The summed E-state index contributed by atoms with van der Waals surface area (Å²) in [6, 6.07) is 29.2. The first-order valence-corrected chi connectivity index (χ1v) is 10.8. The summed E-state index contributed by atoms with van der Waals surface area (Å²) in [5, 5.41) is 0. The monoisotopic (exact) mass is 452 g/mol. The van der Waals surface area contributed by atoms with Crippen LogP contribution in [0.2, 0.25) is 0 Å². The largest absolute Gasteiger partial charge is 0.465 e. The molecular formula is C29H24O5. The summed E-state index contributed by atoms with van der Waals surface area (Å²) in [5.74, 6) is 0.760. The molecule has 0 amide bonds. The molecule has 170 valence electrons. The number of hydrogen-bond acceptors (Lipinski definition) is 5. The zero-order valence-electron chi connectivity index (χ0n) is 19.0. The SMILES string of the molecule is COC(=O)c1ccc(Oc2ccc(C(=O)Oc3ccc(Cc4ccc(C)cc4)cc3)cc2)cc1. The molecule has 4 aromatic carbocycles. The van der Waals surface area contributed by atoms with Gasteiger partial charge in [-0.05, 0) is 85.1 Å². The Morgan fingerprint density at radius 1 is 0.588 bits per heavy atom. The first-order valence-electron chi connectivity index (χ1n) is 10.8. The molecule has 34 heavy (non-hydrogen) atoms. The summed E-state index contributed by atoms with van der Waals surface area (Å²) in [6.45, 7) is 2.07. The molecule has 0 N–H and O–H groups in total. The van der Waals surface area contributed by atoms with Crippen molar-refractivity contribution in [1.82, 2.24) is 0 Å². The minimum atomic E-state index is -0.444. The molecule has 0 aromatic heterocycles. The molecule has 5 heteroatoms. The van der Waals surface area contributed by atoms with E-state index in [1.807, 2.05) is 12.1 Å². The first-order chi connectivity index (χ1) is 16.5. The van der Waals surface area contributed by atoms with E-state index in [2.05, 4.69) is 35.9 Å². The molecule has 0 saturated heterocycles. The number of rotatable bonds is 7. The standard InChI is InChI=1S/C29H24O5/c1-20-3-5-21(6-4-20)19-22-7-13-27(14-8-22)34-29(31)24-11-17-26(18-12-24)33-25-15-9-23(10-16-25)28(30)32-2/h3-18H,19H2,1-2H3. The van der Waals surface area contributed by atoms with Crippen LogP contribution in [0.4, 0.5) is 0 Å². The Bertz CT molecular complexity index is 1260. The number of ether oxygens (including phenoxy) is 3. The van der Waals surface area contributed by atoms with Gasteiger partial charge in [-0.2, -0.15) is 0 Å². The highest BCUT2D eigenvalue weighted by atomic mass is 16.5. The third-order valence-electron chi connectivity index (χ3n) is 5.26. The molecule has 0 spiro atoms. The normalized spacial score (nSPS) is 10.4. The van der Waals surface area contributed by atoms with E-state index in [1.165, 1.54) is 18.2 Å². The Labute approximate surface area is 198 Å². The predicted octanol–water partition coefficient (Wildman–Crippen LogP) is 6.38. The van der Waals surface area contributed by atoms with Crippen LogP contribution in [0.25, 0.3) is 0 Å². The third-order valence-corrected chi connectivity index (χ3v) is 5.26. The summed E-state index contributed by atoms with van der Waals surface area (Å²) in [6.07, 6.45) is 0.821. The van der Waals surface area contributed by atoms with Crippen LogP contribution in [0.1, 0.15) is 37.4 Å². The molecule has 0 aliphatic carbocycles. The molecule has 0 aliphatic heterocycles. The van der Waals surface area contributed by atoms with Gasteiger partial charge in [-0.15, -0.1) is 0 Å². The van der Waals surface area contributed by atoms with Gasteiger partial charge >= 0.3 is 11.9 Å². The summed E-state index contributed by atoms with van der Waals surface area (Å²) < 4.78 is 15.9. The molecule has 0 saturated carbocycles. The Morgan fingerprint density at radius 3 is 1.53 bits per heavy atom. The number of carbonyl (C=O) groups excluding carboxylic acids is 2. The Kier molecular flexibility index (Phi) is 7.04. The maximum Gasteiger partial charge on any atom is 0.343 e. The van der Waals surface area contributed by atoms with Crippen LogP contribution in [0.5, 0.6) is 17.2 Å². The van der Waals surface area contributed by atoms with Crippen molar-refractivity contribution in [2.45, 2.75) is 13.3 Å². The van der Waals surface area contributed by atoms with Crippen LogP contribution in [0, 0.1) is 6.92 Å². The lowest BCUT2D eigenvalue weighted by Crippen LogP contribution is -2.08. The van der Waals surface area contributed by atoms with Gasteiger partial charge in [-0.1, -0.05) is 42.0 Å². The molecule has 4 aromatic rings. The van der Waals surface area contributed by atoms with E-state index in [4.69, 9.17) is 9.47 Å². The van der Waals surface area contributed by atoms with Crippen molar-refractivity contribution in [3.63, 3.8) is 0 Å². The lowest BCUT2D eigenvalue weighted by atomic mass is 10.0. The summed E-state index contributed by atoms with van der Waals surface area (Å²) in [7, 11) is 1.33. The molecule has 0 unspecified atom stereocenters. The van der Waals surface area contributed by atoms with Gasteiger partial charge in [0.2, 0.25) is 0 Å². The van der Waals surface area contributed by atoms with Crippen molar-refractivity contribution >= 4 is 11.9 Å². The van der Waals surface area contributed by atoms with Crippen molar-refractivity contribution in [2.24, 2.45) is 0 Å². The van der Waals surface area contributed by atoms with Crippen LogP contribution >= 0.6 is 0 Å². The van der Waals surface area contributed by atoms with Crippen LogP contribution in [0.3, 0.4) is 0 Å². The van der Waals surface area contributed by atoms with E-state index in [-0.39, 0.29) is 0 Å². The smallest absolute Gasteiger partial charge is 0.343 e. The summed E-state index contributed by atoms with van der Waals surface area (Å²) >= 11 is 0. The van der Waals surface area contributed by atoms with Crippen LogP contribution in [-0.4, -0.2) is 19.0 Å². The number of esters is 2. The molecule has 0 radical (unpaired) electrons. The molecule has 5 nitrogen and oxygen atoms in total. The minimum Gasteiger partial charge on any atom is -0.465 e. The fraction of sp³-hybridized carbons (Fsp3) is 0.103. The number of aryl methyl sites for hydroxylation is 1. The van der Waals surface area contributed by atoms with E-state index in [1.54, 1.807) is 60.7 Å².